The summed E-state index contributed by atoms with van der Waals surface area (Å²) < 4.78 is 26.2. The van der Waals surface area contributed by atoms with Gasteiger partial charge in [0.25, 0.3) is 0 Å². The lowest BCUT2D eigenvalue weighted by Crippen LogP contribution is -2.40. The van der Waals surface area contributed by atoms with Crippen LogP contribution in [0.25, 0.3) is 10.9 Å². The van der Waals surface area contributed by atoms with Gasteiger partial charge in [-0.15, -0.1) is 0 Å². The van der Waals surface area contributed by atoms with E-state index in [-0.39, 0.29) is 4.90 Å². The molecule has 0 aliphatic heterocycles. The maximum Gasteiger partial charge on any atom is 0.318 e. The number of benzene rings is 1. The highest BCUT2D eigenvalue weighted by atomic mass is 32.2. The summed E-state index contributed by atoms with van der Waals surface area (Å²) in [5.74, 6) is -1.19. The van der Waals surface area contributed by atoms with Gasteiger partial charge in [0.1, 0.15) is 6.54 Å². The number of fused-ring (bicyclic) bond motifs is 1. The molecule has 21 heavy (non-hydrogen) atoms. The Morgan fingerprint density at radius 1 is 1.33 bits per heavy atom. The van der Waals surface area contributed by atoms with Crippen LogP contribution in [0.4, 0.5) is 0 Å². The molecule has 0 aliphatic carbocycles. The standard InChI is InChI=1S/C14H16N2O4S/c1-10(2)16(9-14(17)18)21(19,20)12-5-6-13-11(8-12)4-3-7-15-13/h3-8,10H,9H2,1-2H3,(H,17,18). The Kier molecular flexibility index (Phi) is 4.24. The van der Waals surface area contributed by atoms with E-state index in [1.165, 1.54) is 12.1 Å². The summed E-state index contributed by atoms with van der Waals surface area (Å²) in [4.78, 5) is 15.1. The molecule has 7 heteroatoms. The van der Waals surface area contributed by atoms with Crippen molar-refractivity contribution in [1.82, 2.24) is 9.29 Å². The first-order valence-corrected chi connectivity index (χ1v) is 7.85. The van der Waals surface area contributed by atoms with Crippen molar-refractivity contribution in [3.63, 3.8) is 0 Å². The molecule has 0 saturated carbocycles. The maximum absolute atomic E-state index is 12.6. The number of aromatic nitrogens is 1. The van der Waals surface area contributed by atoms with Gasteiger partial charge < -0.3 is 5.11 Å². The smallest absolute Gasteiger partial charge is 0.318 e. The summed E-state index contributed by atoms with van der Waals surface area (Å²) in [6.07, 6.45) is 1.63. The van der Waals surface area contributed by atoms with Crippen LogP contribution in [-0.2, 0) is 14.8 Å². The van der Waals surface area contributed by atoms with Crippen LogP contribution in [0.3, 0.4) is 0 Å². The Morgan fingerprint density at radius 2 is 2.05 bits per heavy atom. The fourth-order valence-electron chi connectivity index (χ4n) is 2.03. The van der Waals surface area contributed by atoms with Crippen molar-refractivity contribution < 1.29 is 18.3 Å². The number of pyridine rings is 1. The Morgan fingerprint density at radius 3 is 2.67 bits per heavy atom. The zero-order valence-corrected chi connectivity index (χ0v) is 12.5. The van der Waals surface area contributed by atoms with E-state index in [0.29, 0.717) is 10.9 Å². The van der Waals surface area contributed by atoms with Gasteiger partial charge in [0, 0.05) is 17.6 Å². The van der Waals surface area contributed by atoms with Crippen LogP contribution in [0.5, 0.6) is 0 Å². The normalized spacial score (nSPS) is 12.2. The average molecular weight is 308 g/mol. The molecule has 1 aromatic heterocycles. The summed E-state index contributed by atoms with van der Waals surface area (Å²) in [6, 6.07) is 7.60. The molecule has 2 rings (SSSR count). The predicted octanol–water partition coefficient (Wildman–Crippen LogP) is 1.72. The molecule has 0 radical (unpaired) electrons. The topological polar surface area (TPSA) is 87.6 Å². The van der Waals surface area contributed by atoms with Crippen LogP contribution in [0.1, 0.15) is 13.8 Å². The minimum absolute atomic E-state index is 0.0675. The summed E-state index contributed by atoms with van der Waals surface area (Å²) in [7, 11) is -3.86. The minimum Gasteiger partial charge on any atom is -0.480 e. The Balaban J connectivity index is 2.51. The van der Waals surface area contributed by atoms with Crippen LogP contribution in [0, 0.1) is 0 Å². The van der Waals surface area contributed by atoms with Crippen LogP contribution in [0.15, 0.2) is 41.4 Å². The van der Waals surface area contributed by atoms with Crippen LogP contribution < -0.4 is 0 Å². The van der Waals surface area contributed by atoms with Gasteiger partial charge in [-0.2, -0.15) is 4.31 Å². The number of hydrogen-bond acceptors (Lipinski definition) is 4. The number of hydrogen-bond donors (Lipinski definition) is 1. The second-order valence-corrected chi connectivity index (χ2v) is 6.79. The fourth-order valence-corrected chi connectivity index (χ4v) is 3.65. The lowest BCUT2D eigenvalue weighted by Gasteiger charge is -2.24. The molecule has 112 valence electrons. The van der Waals surface area contributed by atoms with Gasteiger partial charge in [-0.05, 0) is 38.1 Å². The molecule has 0 bridgehead atoms. The number of aliphatic carboxylic acids is 1. The zero-order valence-electron chi connectivity index (χ0n) is 11.7. The third-order valence-corrected chi connectivity index (χ3v) is 5.07. The molecule has 0 unspecified atom stereocenters. The van der Waals surface area contributed by atoms with E-state index in [9.17, 15) is 13.2 Å². The first kappa shape index (κ1) is 15.4. The Bertz CT molecular complexity index is 771. The number of sulfonamides is 1. The highest BCUT2D eigenvalue weighted by Crippen LogP contribution is 2.22. The lowest BCUT2D eigenvalue weighted by molar-refractivity contribution is -0.137. The van der Waals surface area contributed by atoms with Crippen molar-refractivity contribution in [3.8, 4) is 0 Å². The van der Waals surface area contributed by atoms with E-state index >= 15 is 0 Å². The van der Waals surface area contributed by atoms with Crippen molar-refractivity contribution in [2.24, 2.45) is 0 Å². The van der Waals surface area contributed by atoms with Gasteiger partial charge in [-0.3, -0.25) is 9.78 Å². The van der Waals surface area contributed by atoms with Crippen molar-refractivity contribution >= 4 is 26.9 Å². The summed E-state index contributed by atoms with van der Waals surface area (Å²) in [6.45, 7) is 2.72. The molecule has 1 aromatic carbocycles. The highest BCUT2D eigenvalue weighted by molar-refractivity contribution is 7.89. The van der Waals surface area contributed by atoms with E-state index in [1.54, 1.807) is 38.2 Å². The van der Waals surface area contributed by atoms with Crippen molar-refractivity contribution in [3.05, 3.63) is 36.5 Å². The third-order valence-electron chi connectivity index (χ3n) is 3.05. The van der Waals surface area contributed by atoms with Crippen LogP contribution >= 0.6 is 0 Å². The molecular weight excluding hydrogens is 292 g/mol. The van der Waals surface area contributed by atoms with E-state index in [1.807, 2.05) is 0 Å². The lowest BCUT2D eigenvalue weighted by atomic mass is 10.2. The highest BCUT2D eigenvalue weighted by Gasteiger charge is 2.29. The summed E-state index contributed by atoms with van der Waals surface area (Å²) in [5.41, 5.74) is 0.686. The molecule has 6 nitrogen and oxygen atoms in total. The minimum atomic E-state index is -3.86. The number of nitrogens with zero attached hydrogens (tertiary/aromatic N) is 2. The average Bonchev–Trinajstić information content (AvgIpc) is 2.43. The van der Waals surface area contributed by atoms with Gasteiger partial charge in [-0.1, -0.05) is 6.07 Å². The zero-order chi connectivity index (χ0) is 15.6. The molecule has 1 heterocycles. The van der Waals surface area contributed by atoms with Crippen molar-refractivity contribution in [2.45, 2.75) is 24.8 Å². The molecule has 0 aliphatic rings. The number of carboxylic acid groups (broad SMARTS) is 1. The quantitative estimate of drug-likeness (QED) is 0.908. The maximum atomic E-state index is 12.6. The van der Waals surface area contributed by atoms with E-state index < -0.39 is 28.6 Å². The Hall–Kier alpha value is -1.99. The number of carbonyl (C=O) groups is 1. The van der Waals surface area contributed by atoms with Gasteiger partial charge in [0.05, 0.1) is 10.4 Å². The van der Waals surface area contributed by atoms with Crippen molar-refractivity contribution in [1.29, 1.82) is 0 Å². The summed E-state index contributed by atoms with van der Waals surface area (Å²) in [5, 5.41) is 9.59. The van der Waals surface area contributed by atoms with E-state index in [4.69, 9.17) is 5.11 Å². The van der Waals surface area contributed by atoms with Crippen LogP contribution in [0.2, 0.25) is 0 Å². The molecule has 0 spiro atoms. The number of rotatable bonds is 5. The monoisotopic (exact) mass is 308 g/mol. The van der Waals surface area contributed by atoms with Crippen molar-refractivity contribution in [2.75, 3.05) is 6.54 Å². The largest absolute Gasteiger partial charge is 0.480 e. The number of carboxylic acids is 1. The molecular formula is C14H16N2O4S. The molecule has 0 fully saturated rings. The molecule has 0 amide bonds. The Labute approximate surface area is 123 Å². The van der Waals surface area contributed by atoms with E-state index in [0.717, 1.165) is 4.31 Å². The van der Waals surface area contributed by atoms with Crippen LogP contribution in [-0.4, -0.2) is 41.4 Å². The first-order valence-electron chi connectivity index (χ1n) is 6.41. The summed E-state index contributed by atoms with van der Waals surface area (Å²) >= 11 is 0. The SMILES string of the molecule is CC(C)N(CC(=O)O)S(=O)(=O)c1ccc2ncccc2c1. The van der Waals surface area contributed by atoms with Gasteiger partial charge in [0.2, 0.25) is 10.0 Å². The third kappa shape index (κ3) is 3.20. The second kappa shape index (κ2) is 5.79. The predicted molar refractivity (Wildman–Crippen MR) is 78.4 cm³/mol. The molecule has 0 saturated heterocycles. The molecule has 0 atom stereocenters. The van der Waals surface area contributed by atoms with Gasteiger partial charge in [-0.25, -0.2) is 8.42 Å². The fraction of sp³-hybridized carbons (Fsp3) is 0.286. The second-order valence-electron chi connectivity index (χ2n) is 4.90. The van der Waals surface area contributed by atoms with Gasteiger partial charge >= 0.3 is 5.97 Å². The molecule has 1 N–H and O–H groups in total. The van der Waals surface area contributed by atoms with Gasteiger partial charge in [0.15, 0.2) is 0 Å². The first-order chi connectivity index (χ1) is 9.82. The molecule has 2 aromatic rings. The van der Waals surface area contributed by atoms with E-state index in [2.05, 4.69) is 4.98 Å².